The van der Waals surface area contributed by atoms with Gasteiger partial charge in [0, 0.05) is 23.5 Å². The van der Waals surface area contributed by atoms with Gasteiger partial charge in [-0.05, 0) is 64.6 Å². The Morgan fingerprint density at radius 2 is 1.42 bits per heavy atom. The predicted octanol–water partition coefficient (Wildman–Crippen LogP) is 5.87. The molecule has 3 aromatic rings. The van der Waals surface area contributed by atoms with Gasteiger partial charge in [0.15, 0.2) is 0 Å². The number of rotatable bonds is 8. The number of aryl methyl sites for hydroxylation is 1. The van der Waals surface area contributed by atoms with Crippen LogP contribution in [0.5, 0.6) is 0 Å². The Kier molecular flexibility index (Phi) is 7.58. The van der Waals surface area contributed by atoms with Gasteiger partial charge in [-0.25, -0.2) is 4.39 Å². The first-order valence-electron chi connectivity index (χ1n) is 11.1. The Hall–Kier alpha value is -2.56. The monoisotopic (exact) mass is 420 g/mol. The van der Waals surface area contributed by atoms with Crippen LogP contribution in [0, 0.1) is 5.82 Å². The van der Waals surface area contributed by atoms with Gasteiger partial charge >= 0.3 is 0 Å². The van der Waals surface area contributed by atoms with Crippen molar-refractivity contribution in [2.45, 2.75) is 65.5 Å². The molecular weight excluding hydrogens is 387 g/mol. The number of aliphatic hydroxyl groups is 1. The SMILES string of the molecule is CC(C)c1nc(C(C)C)c(CCc2ccccc2CN)c(-c2ccc(F)cc2)c1CO. The topological polar surface area (TPSA) is 59.1 Å². The summed E-state index contributed by atoms with van der Waals surface area (Å²) in [6.07, 6.45) is 1.60. The molecule has 0 saturated carbocycles. The van der Waals surface area contributed by atoms with Crippen molar-refractivity contribution in [2.24, 2.45) is 5.73 Å². The molecule has 0 aliphatic rings. The number of hydrogen-bond acceptors (Lipinski definition) is 3. The van der Waals surface area contributed by atoms with E-state index in [4.69, 9.17) is 10.7 Å². The molecule has 4 heteroatoms. The number of hydrogen-bond donors (Lipinski definition) is 2. The molecule has 0 radical (unpaired) electrons. The highest BCUT2D eigenvalue weighted by Crippen LogP contribution is 2.37. The smallest absolute Gasteiger partial charge is 0.123 e. The third kappa shape index (κ3) is 5.03. The van der Waals surface area contributed by atoms with Crippen molar-refractivity contribution in [3.63, 3.8) is 0 Å². The summed E-state index contributed by atoms with van der Waals surface area (Å²) in [6.45, 7) is 8.89. The Morgan fingerprint density at radius 3 is 1.97 bits per heavy atom. The maximum atomic E-state index is 13.7. The Labute approximate surface area is 185 Å². The van der Waals surface area contributed by atoms with Gasteiger partial charge in [-0.2, -0.15) is 0 Å². The van der Waals surface area contributed by atoms with E-state index in [1.54, 1.807) is 12.1 Å². The zero-order valence-corrected chi connectivity index (χ0v) is 19.0. The first-order valence-corrected chi connectivity index (χ1v) is 11.1. The normalized spacial score (nSPS) is 11.5. The van der Waals surface area contributed by atoms with Crippen molar-refractivity contribution >= 4 is 0 Å². The molecule has 1 heterocycles. The number of nitrogens with two attached hydrogens (primary N) is 1. The summed E-state index contributed by atoms with van der Waals surface area (Å²) in [5.41, 5.74) is 14.2. The van der Waals surface area contributed by atoms with E-state index in [2.05, 4.69) is 39.8 Å². The summed E-state index contributed by atoms with van der Waals surface area (Å²) in [6, 6.07) is 14.8. The minimum absolute atomic E-state index is 0.0992. The van der Waals surface area contributed by atoms with Crippen LogP contribution >= 0.6 is 0 Å². The molecule has 3 nitrogen and oxygen atoms in total. The van der Waals surface area contributed by atoms with Crippen LogP contribution < -0.4 is 5.73 Å². The maximum Gasteiger partial charge on any atom is 0.123 e. The Bertz CT molecular complexity index is 1030. The van der Waals surface area contributed by atoms with Crippen LogP contribution in [0.4, 0.5) is 4.39 Å². The molecule has 0 bridgehead atoms. The molecule has 31 heavy (non-hydrogen) atoms. The highest BCUT2D eigenvalue weighted by Gasteiger charge is 2.23. The van der Waals surface area contributed by atoms with Crippen molar-refractivity contribution in [1.82, 2.24) is 4.98 Å². The van der Waals surface area contributed by atoms with Crippen molar-refractivity contribution in [1.29, 1.82) is 0 Å². The predicted molar refractivity (Wildman–Crippen MR) is 125 cm³/mol. The molecule has 164 valence electrons. The van der Waals surface area contributed by atoms with Gasteiger partial charge in [0.25, 0.3) is 0 Å². The van der Waals surface area contributed by atoms with Gasteiger partial charge in [-0.1, -0.05) is 64.1 Å². The third-order valence-electron chi connectivity index (χ3n) is 5.83. The number of nitrogens with zero attached hydrogens (tertiary/aromatic N) is 1. The van der Waals surface area contributed by atoms with Crippen LogP contribution in [0.2, 0.25) is 0 Å². The number of benzene rings is 2. The van der Waals surface area contributed by atoms with Crippen molar-refractivity contribution in [3.8, 4) is 11.1 Å². The minimum Gasteiger partial charge on any atom is -0.392 e. The van der Waals surface area contributed by atoms with Crippen LogP contribution in [0.1, 0.15) is 73.2 Å². The molecule has 0 atom stereocenters. The molecule has 3 N–H and O–H groups in total. The minimum atomic E-state index is -0.269. The molecule has 0 aliphatic carbocycles. The van der Waals surface area contributed by atoms with Crippen LogP contribution in [0.25, 0.3) is 11.1 Å². The molecule has 0 unspecified atom stereocenters. The number of halogens is 1. The van der Waals surface area contributed by atoms with E-state index < -0.39 is 0 Å². The highest BCUT2D eigenvalue weighted by atomic mass is 19.1. The Balaban J connectivity index is 2.22. The molecular formula is C27H33FN2O. The molecule has 0 fully saturated rings. The van der Waals surface area contributed by atoms with E-state index in [1.807, 2.05) is 12.1 Å². The van der Waals surface area contributed by atoms with E-state index in [0.717, 1.165) is 52.0 Å². The van der Waals surface area contributed by atoms with Crippen molar-refractivity contribution < 1.29 is 9.50 Å². The van der Waals surface area contributed by atoms with Crippen LogP contribution in [-0.2, 0) is 26.0 Å². The van der Waals surface area contributed by atoms with Crippen LogP contribution in [0.3, 0.4) is 0 Å². The zero-order valence-electron chi connectivity index (χ0n) is 19.0. The summed E-state index contributed by atoms with van der Waals surface area (Å²) in [7, 11) is 0. The number of aromatic nitrogens is 1. The standard InChI is InChI=1S/C27H33FN2O/c1-17(2)26-23(14-11-19-7-5-6-8-21(19)15-29)25(20-9-12-22(28)13-10-20)24(16-31)27(30-26)18(3)4/h5-10,12-13,17-18,31H,11,14-16,29H2,1-4H3. The van der Waals surface area contributed by atoms with Gasteiger partial charge in [-0.3, -0.25) is 4.98 Å². The lowest BCUT2D eigenvalue weighted by Gasteiger charge is -2.24. The quantitative estimate of drug-likeness (QED) is 0.479. The summed E-state index contributed by atoms with van der Waals surface area (Å²) in [5, 5.41) is 10.4. The van der Waals surface area contributed by atoms with Crippen molar-refractivity contribution in [2.75, 3.05) is 0 Å². The van der Waals surface area contributed by atoms with Gasteiger partial charge in [0.05, 0.1) is 6.61 Å². The van der Waals surface area contributed by atoms with Gasteiger partial charge in [0.2, 0.25) is 0 Å². The largest absolute Gasteiger partial charge is 0.392 e. The van der Waals surface area contributed by atoms with E-state index in [1.165, 1.54) is 17.7 Å². The summed E-state index contributed by atoms with van der Waals surface area (Å²) >= 11 is 0. The third-order valence-corrected chi connectivity index (χ3v) is 5.83. The molecule has 2 aromatic carbocycles. The molecule has 1 aromatic heterocycles. The lowest BCUT2D eigenvalue weighted by atomic mass is 9.85. The fraction of sp³-hybridized carbons (Fsp3) is 0.370. The summed E-state index contributed by atoms with van der Waals surface area (Å²) in [4.78, 5) is 5.04. The number of aliphatic hydroxyl groups excluding tert-OH is 1. The maximum absolute atomic E-state index is 13.7. The van der Waals surface area contributed by atoms with Gasteiger partial charge in [0.1, 0.15) is 5.82 Å². The first-order chi connectivity index (χ1) is 14.9. The second-order valence-electron chi connectivity index (χ2n) is 8.66. The van der Waals surface area contributed by atoms with E-state index >= 15 is 0 Å². The van der Waals surface area contributed by atoms with E-state index in [9.17, 15) is 9.50 Å². The molecule has 0 aliphatic heterocycles. The molecule has 0 amide bonds. The average Bonchev–Trinajstić information content (AvgIpc) is 2.77. The van der Waals surface area contributed by atoms with Gasteiger partial charge < -0.3 is 10.8 Å². The molecule has 0 saturated heterocycles. The van der Waals surface area contributed by atoms with Crippen LogP contribution in [0.15, 0.2) is 48.5 Å². The fourth-order valence-electron chi connectivity index (χ4n) is 4.30. The fourth-order valence-corrected chi connectivity index (χ4v) is 4.30. The Morgan fingerprint density at radius 1 is 0.839 bits per heavy atom. The van der Waals surface area contributed by atoms with Crippen LogP contribution in [-0.4, -0.2) is 10.1 Å². The summed E-state index contributed by atoms with van der Waals surface area (Å²) < 4.78 is 13.7. The lowest BCUT2D eigenvalue weighted by molar-refractivity contribution is 0.279. The zero-order chi connectivity index (χ0) is 22.5. The van der Waals surface area contributed by atoms with E-state index in [-0.39, 0.29) is 24.3 Å². The van der Waals surface area contributed by atoms with E-state index in [0.29, 0.717) is 6.54 Å². The summed E-state index contributed by atoms with van der Waals surface area (Å²) in [5.74, 6) is 0.130. The lowest BCUT2D eigenvalue weighted by Crippen LogP contribution is -2.13. The molecule has 3 rings (SSSR count). The second kappa shape index (κ2) is 10.2. The first kappa shape index (κ1) is 23.1. The highest BCUT2D eigenvalue weighted by molar-refractivity contribution is 5.73. The van der Waals surface area contributed by atoms with Gasteiger partial charge in [-0.15, -0.1) is 0 Å². The van der Waals surface area contributed by atoms with Crippen molar-refractivity contribution in [3.05, 3.63) is 88.0 Å². The second-order valence-corrected chi connectivity index (χ2v) is 8.66. The number of pyridine rings is 1. The molecule has 0 spiro atoms. The average molecular weight is 421 g/mol.